The van der Waals surface area contributed by atoms with Gasteiger partial charge < -0.3 is 15.7 Å². The maximum atomic E-state index is 12.3. The van der Waals surface area contributed by atoms with Crippen LogP contribution in [0.15, 0.2) is 36.4 Å². The fraction of sp³-hybridized carbons (Fsp3) is 0.429. The molecule has 6 heteroatoms. The number of nitrogens with one attached hydrogen (secondary N) is 2. The lowest BCUT2D eigenvalue weighted by molar-refractivity contribution is -0.136. The second-order valence-corrected chi connectivity index (χ2v) is 8.49. The number of thiophene rings is 1. The molecule has 1 aromatic heterocycles. The van der Waals surface area contributed by atoms with Crippen molar-refractivity contribution in [3.63, 3.8) is 0 Å². The zero-order valence-electron chi connectivity index (χ0n) is 15.7. The van der Waals surface area contributed by atoms with Crippen LogP contribution in [0.1, 0.15) is 54.0 Å². The topological polar surface area (TPSA) is 78.4 Å². The highest BCUT2D eigenvalue weighted by Gasteiger charge is 2.37. The van der Waals surface area contributed by atoms with Crippen LogP contribution < -0.4 is 10.6 Å². The molecule has 1 unspecified atom stereocenters. The van der Waals surface area contributed by atoms with Gasteiger partial charge in [-0.15, -0.1) is 11.3 Å². The molecular weight excluding hydrogens is 360 g/mol. The van der Waals surface area contributed by atoms with Crippen molar-refractivity contribution in [2.75, 3.05) is 11.9 Å². The second kappa shape index (κ2) is 8.23. The third-order valence-electron chi connectivity index (χ3n) is 5.19. The van der Waals surface area contributed by atoms with Gasteiger partial charge in [0, 0.05) is 27.4 Å². The number of hydrogen-bond acceptors (Lipinski definition) is 4. The summed E-state index contributed by atoms with van der Waals surface area (Å²) in [4.78, 5) is 26.6. The number of carbonyl (C=O) groups is 2. The summed E-state index contributed by atoms with van der Waals surface area (Å²) in [6.07, 6.45) is 3.68. The molecule has 1 saturated carbocycles. The third-order valence-corrected chi connectivity index (χ3v) is 6.69. The number of anilines is 1. The minimum atomic E-state index is -0.649. The molecule has 0 spiro atoms. The molecule has 0 bridgehead atoms. The Balaban J connectivity index is 1.65. The first-order valence-corrected chi connectivity index (χ1v) is 10.2. The van der Waals surface area contributed by atoms with Gasteiger partial charge in [-0.2, -0.15) is 0 Å². The predicted molar refractivity (Wildman–Crippen MR) is 108 cm³/mol. The maximum absolute atomic E-state index is 12.3. The number of carbonyl (C=O) groups excluding carboxylic acids is 2. The molecule has 144 valence electrons. The Labute approximate surface area is 163 Å². The summed E-state index contributed by atoms with van der Waals surface area (Å²) in [5.74, 6) is -1.26. The Hall–Kier alpha value is -2.18. The van der Waals surface area contributed by atoms with Gasteiger partial charge in [-0.05, 0) is 56.5 Å². The van der Waals surface area contributed by atoms with Gasteiger partial charge in [-0.25, -0.2) is 0 Å². The first-order valence-electron chi connectivity index (χ1n) is 9.34. The first-order chi connectivity index (χ1) is 12.9. The lowest BCUT2D eigenvalue weighted by Gasteiger charge is -2.28. The summed E-state index contributed by atoms with van der Waals surface area (Å²) in [6, 6.07) is 11.4. The van der Waals surface area contributed by atoms with Gasteiger partial charge in [-0.3, -0.25) is 9.59 Å². The molecule has 1 heterocycles. The standard InChI is InChI=1S/C21H26N2O3S/c1-14-6-5-7-16(12-14)23-20(26)19(25)22-13-21(10-3-4-11-21)18-9-8-17(27-18)15(2)24/h5-9,12,15,24H,3-4,10-11,13H2,1-2H3,(H,22,25)(H,23,26). The summed E-state index contributed by atoms with van der Waals surface area (Å²) in [6.45, 7) is 4.13. The van der Waals surface area contributed by atoms with E-state index in [-0.39, 0.29) is 5.41 Å². The quantitative estimate of drug-likeness (QED) is 0.686. The zero-order valence-corrected chi connectivity index (χ0v) is 16.6. The number of benzene rings is 1. The van der Waals surface area contributed by atoms with Crippen molar-refractivity contribution >= 4 is 28.8 Å². The van der Waals surface area contributed by atoms with E-state index in [2.05, 4.69) is 16.7 Å². The number of amides is 2. The summed E-state index contributed by atoms with van der Waals surface area (Å²) < 4.78 is 0. The van der Waals surface area contributed by atoms with Gasteiger partial charge in [-0.1, -0.05) is 25.0 Å². The van der Waals surface area contributed by atoms with E-state index in [1.807, 2.05) is 31.2 Å². The van der Waals surface area contributed by atoms with E-state index in [9.17, 15) is 14.7 Å². The molecule has 27 heavy (non-hydrogen) atoms. The Morgan fingerprint density at radius 3 is 2.56 bits per heavy atom. The Bertz CT molecular complexity index is 822. The molecule has 2 amide bonds. The van der Waals surface area contributed by atoms with Gasteiger partial charge in [0.25, 0.3) is 0 Å². The van der Waals surface area contributed by atoms with Crippen LogP contribution >= 0.6 is 11.3 Å². The monoisotopic (exact) mass is 386 g/mol. The number of aliphatic hydroxyl groups excluding tert-OH is 1. The number of aryl methyl sites for hydroxylation is 1. The summed E-state index contributed by atoms with van der Waals surface area (Å²) in [7, 11) is 0. The fourth-order valence-corrected chi connectivity index (χ4v) is 4.85. The van der Waals surface area contributed by atoms with Crippen molar-refractivity contribution in [2.24, 2.45) is 0 Å². The molecule has 2 aromatic rings. The molecule has 0 saturated heterocycles. The smallest absolute Gasteiger partial charge is 0.313 e. The van der Waals surface area contributed by atoms with Crippen molar-refractivity contribution in [1.29, 1.82) is 0 Å². The van der Waals surface area contributed by atoms with Crippen LogP contribution in [0.5, 0.6) is 0 Å². The number of rotatable bonds is 5. The van der Waals surface area contributed by atoms with Gasteiger partial charge in [0.1, 0.15) is 0 Å². The normalized spacial score (nSPS) is 16.7. The minimum absolute atomic E-state index is 0.142. The Morgan fingerprint density at radius 1 is 1.19 bits per heavy atom. The highest BCUT2D eigenvalue weighted by atomic mass is 32.1. The fourth-order valence-electron chi connectivity index (χ4n) is 3.66. The van der Waals surface area contributed by atoms with Crippen molar-refractivity contribution in [2.45, 2.75) is 51.0 Å². The van der Waals surface area contributed by atoms with E-state index in [0.29, 0.717) is 12.2 Å². The van der Waals surface area contributed by atoms with E-state index >= 15 is 0 Å². The molecule has 1 aliphatic rings. The Morgan fingerprint density at radius 2 is 1.93 bits per heavy atom. The average molecular weight is 387 g/mol. The van der Waals surface area contributed by atoms with E-state index in [4.69, 9.17) is 0 Å². The molecule has 5 nitrogen and oxygen atoms in total. The molecule has 1 fully saturated rings. The van der Waals surface area contributed by atoms with Gasteiger partial charge in [0.15, 0.2) is 0 Å². The molecule has 0 aliphatic heterocycles. The molecule has 3 rings (SSSR count). The van der Waals surface area contributed by atoms with Crippen LogP contribution in [-0.2, 0) is 15.0 Å². The van der Waals surface area contributed by atoms with Crippen LogP contribution in [0, 0.1) is 6.92 Å². The molecule has 1 atom stereocenters. The van der Waals surface area contributed by atoms with Crippen LogP contribution in [0.2, 0.25) is 0 Å². The van der Waals surface area contributed by atoms with Gasteiger partial charge in [0.2, 0.25) is 0 Å². The third kappa shape index (κ3) is 4.57. The Kier molecular flexibility index (Phi) is 5.97. The van der Waals surface area contributed by atoms with E-state index in [1.54, 1.807) is 24.3 Å². The van der Waals surface area contributed by atoms with E-state index < -0.39 is 17.9 Å². The van der Waals surface area contributed by atoms with Crippen LogP contribution in [0.25, 0.3) is 0 Å². The van der Waals surface area contributed by atoms with Crippen LogP contribution in [0.3, 0.4) is 0 Å². The average Bonchev–Trinajstić information content (AvgIpc) is 3.30. The molecule has 1 aromatic carbocycles. The molecule has 0 radical (unpaired) electrons. The highest BCUT2D eigenvalue weighted by molar-refractivity contribution is 7.12. The number of aliphatic hydroxyl groups is 1. The van der Waals surface area contributed by atoms with Crippen LogP contribution in [-0.4, -0.2) is 23.5 Å². The highest BCUT2D eigenvalue weighted by Crippen LogP contribution is 2.44. The zero-order chi connectivity index (χ0) is 19.4. The first kappa shape index (κ1) is 19.6. The summed E-state index contributed by atoms with van der Waals surface area (Å²) >= 11 is 1.60. The molecular formula is C21H26N2O3S. The minimum Gasteiger partial charge on any atom is -0.388 e. The molecule has 1 aliphatic carbocycles. The number of hydrogen-bond donors (Lipinski definition) is 3. The lowest BCUT2D eigenvalue weighted by Crippen LogP contribution is -2.43. The summed E-state index contributed by atoms with van der Waals surface area (Å²) in [5, 5.41) is 15.3. The van der Waals surface area contributed by atoms with Crippen LogP contribution in [0.4, 0.5) is 5.69 Å². The van der Waals surface area contributed by atoms with Gasteiger partial charge in [0.05, 0.1) is 6.10 Å². The van der Waals surface area contributed by atoms with E-state index in [0.717, 1.165) is 36.1 Å². The largest absolute Gasteiger partial charge is 0.388 e. The van der Waals surface area contributed by atoms with Crippen molar-refractivity contribution in [1.82, 2.24) is 5.32 Å². The second-order valence-electron chi connectivity index (χ2n) is 7.37. The van der Waals surface area contributed by atoms with Crippen molar-refractivity contribution in [3.8, 4) is 0 Å². The molecule has 3 N–H and O–H groups in total. The predicted octanol–water partition coefficient (Wildman–Crippen LogP) is 3.68. The lowest BCUT2D eigenvalue weighted by atomic mass is 9.84. The maximum Gasteiger partial charge on any atom is 0.313 e. The van der Waals surface area contributed by atoms with E-state index in [1.165, 1.54) is 4.88 Å². The van der Waals surface area contributed by atoms with Gasteiger partial charge >= 0.3 is 11.8 Å². The SMILES string of the molecule is Cc1cccc(NC(=O)C(=O)NCC2(c3ccc(C(C)O)s3)CCCC2)c1. The van der Waals surface area contributed by atoms with Crippen molar-refractivity contribution in [3.05, 3.63) is 51.7 Å². The summed E-state index contributed by atoms with van der Waals surface area (Å²) in [5.41, 5.74) is 1.49. The van der Waals surface area contributed by atoms with Crippen molar-refractivity contribution < 1.29 is 14.7 Å².